The number of azo groups is 2. The smallest absolute Gasteiger partial charge is 0.269 e. The summed E-state index contributed by atoms with van der Waals surface area (Å²) in [5, 5.41) is 92.5. The molecule has 1 saturated carbocycles. The molecule has 2 saturated heterocycles. The monoisotopic (exact) mass is 1920 g/mol. The van der Waals surface area contributed by atoms with E-state index >= 15 is 0 Å². The Bertz CT molecular complexity index is 7880. The Morgan fingerprint density at radius 1 is 0.417 bits per heavy atom. The Kier molecular flexibility index (Phi) is 27.6. The zero-order valence-electron chi connectivity index (χ0n) is 79.0. The molecule has 6 aromatic heterocycles. The Morgan fingerprint density at radius 2 is 0.806 bits per heavy atom. The summed E-state index contributed by atoms with van der Waals surface area (Å²) >= 11 is 0. The van der Waals surface area contributed by atoms with Gasteiger partial charge in [0.25, 0.3) is 35.4 Å². The second-order valence-corrected chi connectivity index (χ2v) is 35.4. The Balaban J connectivity index is 0.000000124. The zero-order chi connectivity index (χ0) is 102. The lowest BCUT2D eigenvalue weighted by atomic mass is 9.98. The SMILES string of the molecule is C=C1CCC[C@@]1(O)C#Cc1cccc(-n2nc(C(N)=O)c3ccccc32)c1.C=C1N(C)CC[C@@]1(O)C#Cc1cccc(-n2nc(C(N)=O)c3c2CCC3)c1.CN1CC[C@@](O)(C#Cc2cccc(-n3nc(C(N)=O)c4c3CCN(c3ccncn3)C4)c2)C1=O.C[C@@](O)(C#Cc1cccc(-n2nc(C(N)=O)c3ccccc32)c1)C1=CCN=N1.C[C@](O)(C#Cc1cccc(-n2nc(C(N)=O)c3ccccc32)c1)C1=CCN=N1. The number of benzene rings is 8. The number of nitrogens with two attached hydrogens (primary N) is 5. The van der Waals surface area contributed by atoms with E-state index in [9.17, 15) is 54.3 Å². The van der Waals surface area contributed by atoms with Crippen molar-refractivity contribution in [1.82, 2.24) is 68.7 Å². The first-order valence-electron chi connectivity index (χ1n) is 46.1. The van der Waals surface area contributed by atoms with Crippen molar-refractivity contribution >= 4 is 74.0 Å². The topological polar surface area (TPSA) is 508 Å². The molecule has 21 rings (SSSR count). The third kappa shape index (κ3) is 20.7. The van der Waals surface area contributed by atoms with Gasteiger partial charge in [-0.05, 0) is 185 Å². The molecule has 5 aliphatic heterocycles. The third-order valence-electron chi connectivity index (χ3n) is 25.3. The molecule has 0 unspecified atom stereocenters. The molecule has 720 valence electrons. The van der Waals surface area contributed by atoms with E-state index < -0.39 is 63.4 Å². The molecule has 14 aromatic rings. The molecule has 0 bridgehead atoms. The normalized spacial score (nSPS) is 18.0. The van der Waals surface area contributed by atoms with E-state index in [1.54, 1.807) is 68.7 Å². The molecule has 6 amide bonds. The number of aliphatic hydroxyl groups is 5. The van der Waals surface area contributed by atoms with Crippen molar-refractivity contribution in [3.63, 3.8) is 0 Å². The van der Waals surface area contributed by atoms with Crippen LogP contribution in [-0.2, 0) is 30.6 Å². The maximum Gasteiger partial charge on any atom is 0.269 e. The fraction of sp³-hybridized carbons (Fsp3) is 0.220. The lowest BCUT2D eigenvalue weighted by Crippen LogP contribution is -2.37. The van der Waals surface area contributed by atoms with Gasteiger partial charge in [-0.3, -0.25) is 28.8 Å². The second kappa shape index (κ2) is 40.7. The zero-order valence-corrected chi connectivity index (χ0v) is 79.0. The minimum absolute atomic E-state index is 0.216. The molecule has 35 heteroatoms. The molecule has 8 aromatic carbocycles. The van der Waals surface area contributed by atoms with E-state index in [0.717, 1.165) is 123 Å². The van der Waals surface area contributed by atoms with Crippen molar-refractivity contribution in [1.29, 1.82) is 0 Å². The highest BCUT2D eigenvalue weighted by atomic mass is 16.3. The molecule has 144 heavy (non-hydrogen) atoms. The van der Waals surface area contributed by atoms with E-state index in [0.29, 0.717) is 113 Å². The van der Waals surface area contributed by atoms with Crippen LogP contribution in [0.1, 0.15) is 155 Å². The van der Waals surface area contributed by atoms with Gasteiger partial charge >= 0.3 is 0 Å². The van der Waals surface area contributed by atoms with Crippen molar-refractivity contribution in [3.05, 3.63) is 339 Å². The minimum Gasteiger partial charge on any atom is -0.375 e. The van der Waals surface area contributed by atoms with Gasteiger partial charge in [-0.15, -0.1) is 0 Å². The summed E-state index contributed by atoms with van der Waals surface area (Å²) in [7, 11) is 3.54. The number of carbonyl (C=O) groups is 6. The van der Waals surface area contributed by atoms with Gasteiger partial charge in [0.2, 0.25) is 5.60 Å². The number of primary amides is 5. The molecule has 5 atom stereocenters. The van der Waals surface area contributed by atoms with Crippen molar-refractivity contribution in [3.8, 4) is 87.6 Å². The number of carbonyl (C=O) groups excluding carboxylic acids is 6. The van der Waals surface area contributed by atoms with Crippen LogP contribution in [0.25, 0.3) is 61.1 Å². The summed E-state index contributed by atoms with van der Waals surface area (Å²) in [5.41, 5.74) is 37.7. The average molecular weight is 1920 g/mol. The number of fused-ring (bicyclic) bond motifs is 5. The summed E-state index contributed by atoms with van der Waals surface area (Å²) in [5.74, 6) is 26.9. The minimum atomic E-state index is -1.67. The van der Waals surface area contributed by atoms with Gasteiger partial charge in [-0.2, -0.15) is 46.0 Å². The van der Waals surface area contributed by atoms with Crippen LogP contribution in [0.3, 0.4) is 0 Å². The highest BCUT2D eigenvalue weighted by Crippen LogP contribution is 2.37. The van der Waals surface area contributed by atoms with Crippen LogP contribution in [0.4, 0.5) is 5.82 Å². The first-order valence-corrected chi connectivity index (χ1v) is 46.1. The summed E-state index contributed by atoms with van der Waals surface area (Å²) < 4.78 is 8.52. The van der Waals surface area contributed by atoms with Crippen LogP contribution >= 0.6 is 0 Å². The predicted molar refractivity (Wildman–Crippen MR) is 539 cm³/mol. The molecule has 0 spiro atoms. The van der Waals surface area contributed by atoms with Crippen LogP contribution in [-0.4, -0.2) is 204 Å². The quantitative estimate of drug-likeness (QED) is 0.0379. The highest BCUT2D eigenvalue weighted by Gasteiger charge is 2.43. The molecule has 0 radical (unpaired) electrons. The highest BCUT2D eigenvalue weighted by molar-refractivity contribution is 6.06. The van der Waals surface area contributed by atoms with Gasteiger partial charge in [0.15, 0.2) is 45.3 Å². The van der Waals surface area contributed by atoms with Crippen molar-refractivity contribution in [2.75, 3.05) is 51.7 Å². The predicted octanol–water partition coefficient (Wildman–Crippen LogP) is 9.76. The molecular weight excluding hydrogens is 1820 g/mol. The number of aromatic nitrogens is 12. The van der Waals surface area contributed by atoms with Crippen LogP contribution < -0.4 is 33.6 Å². The number of para-hydroxylation sites is 3. The molecule has 3 fully saturated rings. The van der Waals surface area contributed by atoms with E-state index in [4.69, 9.17) is 28.7 Å². The molecule has 7 aliphatic rings. The van der Waals surface area contributed by atoms with E-state index in [-0.39, 0.29) is 29.2 Å². The summed E-state index contributed by atoms with van der Waals surface area (Å²) in [4.78, 5) is 85.0. The molecular formula is C109H98N24O11. The standard InChI is InChI=1S/C24H23N7O3.C22H19N3O2.2C21H17N5O2.C21H22N4O2/c1-29-12-9-24(34,23(29)33)8-5-16-3-2-4-17(13-16)31-19-7-11-30(20-6-10-26-15-27-20)14-18(19)21(28-31)22(25)32;1-15-6-5-12-22(15,27)13-11-16-7-4-8-17(14-16)25-19-10-3-2-9-18(19)20(24-25)21(23)26;2*1-21(28,18-10-12-23-24-18)11-9-14-5-4-6-15(13-14)26-17-8-3-2-7-16(17)19(25-26)20(22)27;1-14-21(27,11-12-24(14)2)10-9-15-5-3-6-16(13-15)25-18-8-4-7-17(18)19(23-25)20(22)26/h2-4,6,10,13,15,34H,7,9,11-12,14H2,1H3,(H2,25,32);2-4,7-10,14,27H,1,5-6,12H2,(H2,23,26);2*2-8,10,13,28H,12H2,1H3,(H2,22,27);3,5-6,13,27H,1,4,7-8,11-12H2,2H3,(H2,22,26)/t24-;22-;3*21-/m01100/s1. The van der Waals surface area contributed by atoms with Crippen LogP contribution in [0.2, 0.25) is 0 Å². The van der Waals surface area contributed by atoms with Gasteiger partial charge in [-0.1, -0.05) is 157 Å². The van der Waals surface area contributed by atoms with Crippen molar-refractivity contribution < 1.29 is 54.3 Å². The number of rotatable bonds is 13. The Labute approximate surface area is 826 Å². The maximum atomic E-state index is 12.2. The number of likely N-dealkylation sites (tertiary alicyclic amines) is 2. The number of hydrogen-bond donors (Lipinski definition) is 10. The van der Waals surface area contributed by atoms with Gasteiger partial charge in [0, 0.05) is 127 Å². The fourth-order valence-corrected chi connectivity index (χ4v) is 17.6. The van der Waals surface area contributed by atoms with Crippen LogP contribution in [0, 0.1) is 59.2 Å². The molecule has 11 heterocycles. The molecule has 2 aliphatic carbocycles. The number of amides is 6. The fourth-order valence-electron chi connectivity index (χ4n) is 17.6. The van der Waals surface area contributed by atoms with Crippen LogP contribution in [0.5, 0.6) is 0 Å². The van der Waals surface area contributed by atoms with E-state index in [2.05, 4.69) is 133 Å². The maximum absolute atomic E-state index is 12.2. The Hall–Kier alpha value is -18.1. The molecule has 35 nitrogen and oxygen atoms in total. The lowest BCUT2D eigenvalue weighted by molar-refractivity contribution is -0.137. The second-order valence-electron chi connectivity index (χ2n) is 35.4. The number of likely N-dealkylation sites (N-methyl/N-ethyl adjacent to an activating group) is 2. The number of nitrogens with zero attached hydrogens (tertiary/aromatic N) is 19. The Morgan fingerprint density at radius 3 is 1.19 bits per heavy atom. The third-order valence-corrected chi connectivity index (χ3v) is 25.3. The van der Waals surface area contributed by atoms with Gasteiger partial charge in [-0.25, -0.2) is 33.4 Å². The van der Waals surface area contributed by atoms with Gasteiger partial charge in [0.05, 0.1) is 69.5 Å². The molecule has 15 N–H and O–H groups in total. The number of anilines is 1. The number of hydrogen-bond acceptors (Lipinski definition) is 24. The van der Waals surface area contributed by atoms with E-state index in [1.165, 1.54) is 11.2 Å². The first kappa shape index (κ1) is 97.5. The largest absolute Gasteiger partial charge is 0.375 e. The summed E-state index contributed by atoms with van der Waals surface area (Å²) in [6.45, 7) is 14.3. The van der Waals surface area contributed by atoms with Gasteiger partial charge < -0.3 is 68.9 Å². The first-order chi connectivity index (χ1) is 69.1. The summed E-state index contributed by atoms with van der Waals surface area (Å²) in [6.07, 6.45) is 13.1. The lowest BCUT2D eigenvalue weighted by Gasteiger charge is -2.28. The van der Waals surface area contributed by atoms with Gasteiger partial charge in [0.1, 0.15) is 29.1 Å². The van der Waals surface area contributed by atoms with E-state index in [1.807, 2.05) is 206 Å². The summed E-state index contributed by atoms with van der Waals surface area (Å²) in [6, 6.07) is 61.2. The van der Waals surface area contributed by atoms with Crippen molar-refractivity contribution in [2.24, 2.45) is 49.1 Å². The van der Waals surface area contributed by atoms with Crippen LogP contribution in [0.15, 0.2) is 281 Å². The average Bonchev–Trinajstić information content (AvgIpc) is 1.62. The van der Waals surface area contributed by atoms with Crippen molar-refractivity contribution in [2.45, 2.75) is 106 Å².